The van der Waals surface area contributed by atoms with Gasteiger partial charge in [-0.25, -0.2) is 0 Å². The minimum atomic E-state index is -4.35. The van der Waals surface area contributed by atoms with Crippen molar-refractivity contribution in [2.45, 2.75) is 26.1 Å². The fourth-order valence-corrected chi connectivity index (χ4v) is 2.46. The monoisotopic (exact) mass is 273 g/mol. The number of aromatic nitrogens is 1. The molecule has 2 N–H and O–H groups in total. The summed E-state index contributed by atoms with van der Waals surface area (Å²) in [4.78, 5) is 5.88. The first-order valence-electron chi connectivity index (χ1n) is 6.28. The first-order chi connectivity index (χ1) is 8.84. The van der Waals surface area contributed by atoms with E-state index in [1.807, 2.05) is 4.90 Å². The number of likely N-dealkylation sites (tertiary alicyclic amines) is 1. The summed E-state index contributed by atoms with van der Waals surface area (Å²) in [5.41, 5.74) is 5.16. The first kappa shape index (κ1) is 14.3. The van der Waals surface area contributed by atoms with Crippen LogP contribution in [0.1, 0.15) is 24.6 Å². The van der Waals surface area contributed by atoms with E-state index in [9.17, 15) is 13.2 Å². The third kappa shape index (κ3) is 3.25. The molecule has 2 heterocycles. The van der Waals surface area contributed by atoms with E-state index in [4.69, 9.17) is 5.73 Å². The van der Waals surface area contributed by atoms with E-state index in [0.717, 1.165) is 25.6 Å². The Labute approximate surface area is 110 Å². The zero-order chi connectivity index (χ0) is 14.1. The molecule has 2 rings (SSSR count). The number of nitrogens with two attached hydrogens (primary N) is 1. The molecule has 0 saturated carbocycles. The molecule has 0 amide bonds. The van der Waals surface area contributed by atoms with Gasteiger partial charge in [-0.2, -0.15) is 13.2 Å². The summed E-state index contributed by atoms with van der Waals surface area (Å²) in [6.07, 6.45) is -2.03. The zero-order valence-electron chi connectivity index (χ0n) is 10.9. The van der Waals surface area contributed by atoms with Crippen LogP contribution in [-0.4, -0.2) is 29.5 Å². The molecule has 0 aromatic carbocycles. The standard InChI is InChI=1S/C13H18F3N3/c1-12(8-17)4-6-19(9-12)7-11-10(13(14,15)16)3-2-5-18-11/h2-3,5H,4,6-9,17H2,1H3. The largest absolute Gasteiger partial charge is 0.418 e. The molecular formula is C13H18F3N3. The molecule has 0 bridgehead atoms. The quantitative estimate of drug-likeness (QED) is 0.918. The Morgan fingerprint density at radius 2 is 2.21 bits per heavy atom. The van der Waals surface area contributed by atoms with Crippen LogP contribution in [0.5, 0.6) is 0 Å². The van der Waals surface area contributed by atoms with Gasteiger partial charge in [0.1, 0.15) is 0 Å². The van der Waals surface area contributed by atoms with Crippen LogP contribution in [0.25, 0.3) is 0 Å². The number of pyridine rings is 1. The van der Waals surface area contributed by atoms with E-state index < -0.39 is 11.7 Å². The molecule has 1 aliphatic rings. The number of rotatable bonds is 3. The lowest BCUT2D eigenvalue weighted by atomic mass is 9.90. The van der Waals surface area contributed by atoms with Gasteiger partial charge in [0.2, 0.25) is 0 Å². The van der Waals surface area contributed by atoms with Gasteiger partial charge in [0, 0.05) is 19.3 Å². The molecule has 6 heteroatoms. The van der Waals surface area contributed by atoms with Crippen LogP contribution in [-0.2, 0) is 12.7 Å². The smallest absolute Gasteiger partial charge is 0.330 e. The van der Waals surface area contributed by atoms with Gasteiger partial charge in [0.05, 0.1) is 11.3 Å². The van der Waals surface area contributed by atoms with Crippen molar-refractivity contribution in [2.24, 2.45) is 11.1 Å². The topological polar surface area (TPSA) is 42.1 Å². The number of nitrogens with zero attached hydrogens (tertiary/aromatic N) is 2. The molecule has 19 heavy (non-hydrogen) atoms. The molecule has 106 valence electrons. The second-order valence-corrected chi connectivity index (χ2v) is 5.47. The highest BCUT2D eigenvalue weighted by atomic mass is 19.4. The van der Waals surface area contributed by atoms with Crippen molar-refractivity contribution in [1.82, 2.24) is 9.88 Å². The Morgan fingerprint density at radius 1 is 1.47 bits per heavy atom. The van der Waals surface area contributed by atoms with Gasteiger partial charge in [-0.05, 0) is 37.1 Å². The van der Waals surface area contributed by atoms with E-state index in [-0.39, 0.29) is 17.7 Å². The van der Waals surface area contributed by atoms with Gasteiger partial charge in [0.25, 0.3) is 0 Å². The van der Waals surface area contributed by atoms with Crippen molar-refractivity contribution < 1.29 is 13.2 Å². The highest BCUT2D eigenvalue weighted by molar-refractivity contribution is 5.23. The highest BCUT2D eigenvalue weighted by Gasteiger charge is 2.36. The van der Waals surface area contributed by atoms with Crippen molar-refractivity contribution in [3.63, 3.8) is 0 Å². The van der Waals surface area contributed by atoms with Crippen molar-refractivity contribution in [2.75, 3.05) is 19.6 Å². The minimum absolute atomic E-state index is 0.00712. The Morgan fingerprint density at radius 3 is 2.79 bits per heavy atom. The Kier molecular flexibility index (Phi) is 3.82. The molecule has 1 unspecified atom stereocenters. The molecule has 1 saturated heterocycles. The van der Waals surface area contributed by atoms with Crippen LogP contribution >= 0.6 is 0 Å². The van der Waals surface area contributed by atoms with Crippen LogP contribution < -0.4 is 5.73 Å². The van der Waals surface area contributed by atoms with Crippen molar-refractivity contribution in [3.8, 4) is 0 Å². The molecule has 0 spiro atoms. The van der Waals surface area contributed by atoms with Crippen LogP contribution in [0.15, 0.2) is 18.3 Å². The van der Waals surface area contributed by atoms with Gasteiger partial charge >= 0.3 is 6.18 Å². The number of hydrogen-bond donors (Lipinski definition) is 1. The van der Waals surface area contributed by atoms with Gasteiger partial charge in [-0.1, -0.05) is 6.92 Å². The highest BCUT2D eigenvalue weighted by Crippen LogP contribution is 2.33. The number of alkyl halides is 3. The summed E-state index contributed by atoms with van der Waals surface area (Å²) in [6.45, 7) is 4.33. The Hall–Kier alpha value is -1.14. The first-order valence-corrected chi connectivity index (χ1v) is 6.28. The second kappa shape index (κ2) is 5.09. The molecular weight excluding hydrogens is 255 g/mol. The average molecular weight is 273 g/mol. The average Bonchev–Trinajstić information content (AvgIpc) is 2.71. The Balaban J connectivity index is 2.13. The van der Waals surface area contributed by atoms with Crippen LogP contribution in [0.4, 0.5) is 13.2 Å². The number of halogens is 3. The fourth-order valence-electron chi connectivity index (χ4n) is 2.46. The molecule has 0 radical (unpaired) electrons. The molecule has 1 atom stereocenters. The maximum atomic E-state index is 12.9. The van der Waals surface area contributed by atoms with E-state index in [2.05, 4.69) is 11.9 Å². The summed E-state index contributed by atoms with van der Waals surface area (Å²) in [6, 6.07) is 2.40. The lowest BCUT2D eigenvalue weighted by molar-refractivity contribution is -0.138. The number of hydrogen-bond acceptors (Lipinski definition) is 3. The Bertz CT molecular complexity index is 447. The lowest BCUT2D eigenvalue weighted by Crippen LogP contribution is -2.31. The molecule has 1 fully saturated rings. The van der Waals surface area contributed by atoms with Crippen LogP contribution in [0, 0.1) is 5.41 Å². The summed E-state index contributed by atoms with van der Waals surface area (Å²) < 4.78 is 38.6. The van der Waals surface area contributed by atoms with Gasteiger partial charge < -0.3 is 5.73 Å². The fraction of sp³-hybridized carbons (Fsp3) is 0.615. The summed E-state index contributed by atoms with van der Waals surface area (Å²) in [7, 11) is 0. The third-order valence-electron chi connectivity index (χ3n) is 3.70. The molecule has 0 aliphatic carbocycles. The van der Waals surface area contributed by atoms with Crippen LogP contribution in [0.2, 0.25) is 0 Å². The van der Waals surface area contributed by atoms with Crippen molar-refractivity contribution in [3.05, 3.63) is 29.6 Å². The van der Waals surface area contributed by atoms with Crippen molar-refractivity contribution in [1.29, 1.82) is 0 Å². The van der Waals surface area contributed by atoms with E-state index in [0.29, 0.717) is 6.54 Å². The van der Waals surface area contributed by atoms with E-state index in [1.54, 1.807) is 0 Å². The molecule has 1 aromatic heterocycles. The molecule has 1 aromatic rings. The summed E-state index contributed by atoms with van der Waals surface area (Å²) >= 11 is 0. The predicted octanol–water partition coefficient (Wildman–Crippen LogP) is 2.27. The zero-order valence-corrected chi connectivity index (χ0v) is 10.9. The van der Waals surface area contributed by atoms with Gasteiger partial charge in [-0.15, -0.1) is 0 Å². The summed E-state index contributed by atoms with van der Waals surface area (Å²) in [5, 5.41) is 0. The maximum absolute atomic E-state index is 12.9. The summed E-state index contributed by atoms with van der Waals surface area (Å²) in [5.74, 6) is 0. The van der Waals surface area contributed by atoms with Gasteiger partial charge in [0.15, 0.2) is 0 Å². The third-order valence-corrected chi connectivity index (χ3v) is 3.70. The predicted molar refractivity (Wildman–Crippen MR) is 66.3 cm³/mol. The van der Waals surface area contributed by atoms with Crippen LogP contribution in [0.3, 0.4) is 0 Å². The second-order valence-electron chi connectivity index (χ2n) is 5.47. The van der Waals surface area contributed by atoms with Crippen molar-refractivity contribution >= 4 is 0 Å². The SMILES string of the molecule is CC1(CN)CCN(Cc2ncccc2C(F)(F)F)C1. The van der Waals surface area contributed by atoms with E-state index in [1.165, 1.54) is 12.3 Å². The maximum Gasteiger partial charge on any atom is 0.418 e. The normalized spacial score (nSPS) is 24.9. The molecule has 3 nitrogen and oxygen atoms in total. The van der Waals surface area contributed by atoms with Gasteiger partial charge in [-0.3, -0.25) is 9.88 Å². The molecule has 1 aliphatic heterocycles. The minimum Gasteiger partial charge on any atom is -0.330 e. The van der Waals surface area contributed by atoms with E-state index >= 15 is 0 Å². The lowest BCUT2D eigenvalue weighted by Gasteiger charge is -2.23.